The molecule has 0 aliphatic rings. The predicted octanol–water partition coefficient (Wildman–Crippen LogP) is 1.50. The molecule has 0 saturated carbocycles. The molecule has 0 fully saturated rings. The lowest BCUT2D eigenvalue weighted by molar-refractivity contribution is -0.167. The highest BCUT2D eigenvalue weighted by molar-refractivity contribution is 7.89. The first-order valence-electron chi connectivity index (χ1n) is 6.21. The van der Waals surface area contributed by atoms with Gasteiger partial charge in [-0.2, -0.15) is 13.2 Å². The largest absolute Gasteiger partial charge is 0.471 e. The number of hydrogen-bond donors (Lipinski definition) is 3. The quantitative estimate of drug-likeness (QED) is 0.703. The van der Waals surface area contributed by atoms with Gasteiger partial charge in [-0.1, -0.05) is 0 Å². The minimum atomic E-state index is -5.00. The van der Waals surface area contributed by atoms with E-state index >= 15 is 0 Å². The number of carbonyl (C=O) groups excluding carboxylic acids is 1. The van der Waals surface area contributed by atoms with Crippen LogP contribution in [0.1, 0.15) is 6.92 Å². The van der Waals surface area contributed by atoms with Gasteiger partial charge in [-0.15, -0.1) is 12.4 Å². The maximum Gasteiger partial charge on any atom is 0.471 e. The summed E-state index contributed by atoms with van der Waals surface area (Å²) in [7, 11) is -2.09. The molecular weight excluding hydrogens is 359 g/mol. The summed E-state index contributed by atoms with van der Waals surface area (Å²) in [5, 5.41) is 4.48. The average Bonchev–Trinajstić information content (AvgIpc) is 2.44. The van der Waals surface area contributed by atoms with Gasteiger partial charge >= 0.3 is 12.1 Å². The Morgan fingerprint density at radius 2 is 1.74 bits per heavy atom. The number of rotatable bonds is 6. The van der Waals surface area contributed by atoms with Gasteiger partial charge < -0.3 is 10.6 Å². The van der Waals surface area contributed by atoms with Crippen molar-refractivity contribution >= 4 is 34.0 Å². The first kappa shape index (κ1) is 21.6. The fraction of sp³-hybridized carbons (Fsp3) is 0.417. The molecule has 0 saturated heterocycles. The van der Waals surface area contributed by atoms with Crippen LogP contribution in [-0.2, 0) is 14.8 Å². The third kappa shape index (κ3) is 6.73. The lowest BCUT2D eigenvalue weighted by Gasteiger charge is -2.12. The molecular formula is C12H17ClF3N3O3S. The summed E-state index contributed by atoms with van der Waals surface area (Å²) in [5.74, 6) is -2.12. The molecule has 0 aromatic heterocycles. The Morgan fingerprint density at radius 1 is 1.22 bits per heavy atom. The molecule has 6 nitrogen and oxygen atoms in total. The Labute approximate surface area is 138 Å². The van der Waals surface area contributed by atoms with E-state index in [1.165, 1.54) is 0 Å². The van der Waals surface area contributed by atoms with Crippen molar-refractivity contribution in [1.29, 1.82) is 0 Å². The summed E-state index contributed by atoms with van der Waals surface area (Å²) in [6.07, 6.45) is -5.00. The van der Waals surface area contributed by atoms with Gasteiger partial charge in [0.1, 0.15) is 0 Å². The number of amides is 1. The Balaban J connectivity index is 0.00000484. The summed E-state index contributed by atoms with van der Waals surface area (Å²) in [4.78, 5) is 10.6. The fourth-order valence-electron chi connectivity index (χ4n) is 1.34. The van der Waals surface area contributed by atoms with E-state index < -0.39 is 22.1 Å². The molecule has 11 heteroatoms. The zero-order valence-electron chi connectivity index (χ0n) is 12.3. The molecule has 0 bridgehead atoms. The number of nitrogens with one attached hydrogen (secondary N) is 3. The van der Waals surface area contributed by atoms with Crippen molar-refractivity contribution in [2.75, 3.05) is 18.9 Å². The first-order chi connectivity index (χ1) is 10.1. The highest BCUT2D eigenvalue weighted by Gasteiger charge is 2.38. The van der Waals surface area contributed by atoms with Crippen LogP contribution in [0, 0.1) is 0 Å². The zero-order valence-corrected chi connectivity index (χ0v) is 13.9. The molecule has 1 amide bonds. The van der Waals surface area contributed by atoms with Crippen molar-refractivity contribution in [1.82, 2.24) is 10.0 Å². The van der Waals surface area contributed by atoms with Gasteiger partial charge in [-0.3, -0.25) is 4.79 Å². The zero-order chi connectivity index (χ0) is 17.0. The van der Waals surface area contributed by atoms with E-state index in [0.717, 1.165) is 24.3 Å². The smallest absolute Gasteiger partial charge is 0.318 e. The predicted molar refractivity (Wildman–Crippen MR) is 82.1 cm³/mol. The number of halogens is 4. The number of benzene rings is 1. The third-order valence-corrected chi connectivity index (χ3v) is 4.19. The Hall–Kier alpha value is -1.36. The van der Waals surface area contributed by atoms with Crippen molar-refractivity contribution in [2.45, 2.75) is 24.0 Å². The summed E-state index contributed by atoms with van der Waals surface area (Å²) >= 11 is 0. The molecule has 0 heterocycles. The summed E-state index contributed by atoms with van der Waals surface area (Å²) in [6, 6.07) is 4.30. The van der Waals surface area contributed by atoms with Gasteiger partial charge in [0.25, 0.3) is 0 Å². The van der Waals surface area contributed by atoms with Crippen LogP contribution in [0.15, 0.2) is 29.2 Å². The normalized spacial score (nSPS) is 13.1. The summed E-state index contributed by atoms with van der Waals surface area (Å²) in [5.41, 5.74) is -0.148. The van der Waals surface area contributed by atoms with Crippen molar-refractivity contribution in [3.05, 3.63) is 24.3 Å². The lowest BCUT2D eigenvalue weighted by Crippen LogP contribution is -2.37. The van der Waals surface area contributed by atoms with E-state index in [-0.39, 0.29) is 35.6 Å². The van der Waals surface area contributed by atoms with E-state index in [2.05, 4.69) is 10.0 Å². The minimum Gasteiger partial charge on any atom is -0.318 e. The molecule has 0 aliphatic carbocycles. The van der Waals surface area contributed by atoms with Crippen LogP contribution < -0.4 is 15.4 Å². The van der Waals surface area contributed by atoms with Crippen LogP contribution in [0.4, 0.5) is 18.9 Å². The summed E-state index contributed by atoms with van der Waals surface area (Å²) in [6.45, 7) is 1.93. The third-order valence-electron chi connectivity index (χ3n) is 2.75. The highest BCUT2D eigenvalue weighted by Crippen LogP contribution is 2.19. The molecule has 1 aromatic carbocycles. The molecule has 0 radical (unpaired) electrons. The van der Waals surface area contributed by atoms with Gasteiger partial charge in [0.15, 0.2) is 0 Å². The molecule has 1 unspecified atom stereocenters. The topological polar surface area (TPSA) is 87.3 Å². The van der Waals surface area contributed by atoms with Crippen LogP contribution in [0.25, 0.3) is 0 Å². The molecule has 1 rings (SSSR count). The molecule has 23 heavy (non-hydrogen) atoms. The van der Waals surface area contributed by atoms with E-state index in [0.29, 0.717) is 0 Å². The molecule has 132 valence electrons. The number of likely N-dealkylation sites (N-methyl/N-ethyl adjacent to an activating group) is 1. The lowest BCUT2D eigenvalue weighted by atomic mass is 10.3. The fourth-order valence-corrected chi connectivity index (χ4v) is 2.47. The summed E-state index contributed by atoms with van der Waals surface area (Å²) < 4.78 is 62.5. The van der Waals surface area contributed by atoms with Gasteiger partial charge in [-0.25, -0.2) is 13.1 Å². The van der Waals surface area contributed by atoms with Crippen molar-refractivity contribution in [3.8, 4) is 0 Å². The van der Waals surface area contributed by atoms with Gasteiger partial charge in [-0.05, 0) is 38.2 Å². The maximum atomic E-state index is 12.1. The van der Waals surface area contributed by atoms with Crippen LogP contribution in [0.5, 0.6) is 0 Å². The Morgan fingerprint density at radius 3 is 2.17 bits per heavy atom. The second-order valence-corrected chi connectivity index (χ2v) is 6.28. The number of alkyl halides is 3. The average molecular weight is 376 g/mol. The van der Waals surface area contributed by atoms with Gasteiger partial charge in [0.2, 0.25) is 10.0 Å². The van der Waals surface area contributed by atoms with Gasteiger partial charge in [0.05, 0.1) is 4.90 Å². The van der Waals surface area contributed by atoms with Crippen LogP contribution in [0.3, 0.4) is 0 Å². The number of sulfonamides is 1. The van der Waals surface area contributed by atoms with E-state index in [1.54, 1.807) is 19.3 Å². The first-order valence-corrected chi connectivity index (χ1v) is 7.70. The molecule has 0 aliphatic heterocycles. The van der Waals surface area contributed by atoms with E-state index in [1.807, 2.05) is 0 Å². The van der Waals surface area contributed by atoms with Crippen LogP contribution in [-0.4, -0.2) is 40.1 Å². The standard InChI is InChI=1S/C12H16F3N3O3S.ClH/c1-8(16-2)7-17-22(20,21)10-5-3-9(4-6-10)18-11(19)12(13,14)15;/h3-6,8,16-17H,7H2,1-2H3,(H,18,19);1H. The maximum absolute atomic E-state index is 12.1. The highest BCUT2D eigenvalue weighted by atomic mass is 35.5. The van der Waals surface area contributed by atoms with Gasteiger partial charge in [0, 0.05) is 18.3 Å². The SMILES string of the molecule is CNC(C)CNS(=O)(=O)c1ccc(NC(=O)C(F)(F)F)cc1.Cl. The van der Waals surface area contributed by atoms with E-state index in [9.17, 15) is 26.4 Å². The molecule has 1 atom stereocenters. The second-order valence-electron chi connectivity index (χ2n) is 4.52. The molecule has 3 N–H and O–H groups in total. The number of hydrogen-bond acceptors (Lipinski definition) is 4. The van der Waals surface area contributed by atoms with E-state index in [4.69, 9.17) is 0 Å². The molecule has 1 aromatic rings. The number of carbonyl (C=O) groups is 1. The van der Waals surface area contributed by atoms with Crippen molar-refractivity contribution in [2.24, 2.45) is 0 Å². The Bertz CT molecular complexity index is 621. The van der Waals surface area contributed by atoms with Crippen LogP contribution >= 0.6 is 12.4 Å². The monoisotopic (exact) mass is 375 g/mol. The molecule has 0 spiro atoms. The van der Waals surface area contributed by atoms with Crippen molar-refractivity contribution in [3.63, 3.8) is 0 Å². The Kier molecular flexibility index (Phi) is 7.98. The minimum absolute atomic E-state index is 0. The van der Waals surface area contributed by atoms with Crippen molar-refractivity contribution < 1.29 is 26.4 Å². The number of anilines is 1. The second kappa shape index (κ2) is 8.48. The van der Waals surface area contributed by atoms with Crippen LogP contribution in [0.2, 0.25) is 0 Å².